The average molecular weight is 338 g/mol. The van der Waals surface area contributed by atoms with E-state index < -0.39 is 6.10 Å². The Morgan fingerprint density at radius 3 is 2.44 bits per heavy atom. The topological polar surface area (TPSA) is 56.1 Å². The standard InChI is InChI=1S/C21H26N2O2/c24-21(14-19-8-4-5-9-20(19)15-22-25)16-23-12-10-18(11-13-23)17-6-2-1-3-7-17/h1-9,15,18,21,24-25H,10-14,16H2. The van der Waals surface area contributed by atoms with Crippen LogP contribution in [0.5, 0.6) is 0 Å². The Balaban J connectivity index is 1.51. The van der Waals surface area contributed by atoms with Crippen LogP contribution in [0, 0.1) is 0 Å². The summed E-state index contributed by atoms with van der Waals surface area (Å²) in [5.41, 5.74) is 3.29. The normalized spacial score (nSPS) is 17.8. The maximum absolute atomic E-state index is 10.5. The number of piperidine rings is 1. The van der Waals surface area contributed by atoms with Gasteiger partial charge in [-0.05, 0) is 48.5 Å². The first-order valence-electron chi connectivity index (χ1n) is 8.97. The summed E-state index contributed by atoms with van der Waals surface area (Å²) in [7, 11) is 0. The quantitative estimate of drug-likeness (QED) is 0.483. The Labute approximate surface area is 149 Å². The van der Waals surface area contributed by atoms with Crippen molar-refractivity contribution in [2.75, 3.05) is 19.6 Å². The second kappa shape index (κ2) is 8.79. The highest BCUT2D eigenvalue weighted by Crippen LogP contribution is 2.27. The van der Waals surface area contributed by atoms with E-state index in [0.29, 0.717) is 18.9 Å². The van der Waals surface area contributed by atoms with Crippen LogP contribution in [-0.2, 0) is 6.42 Å². The van der Waals surface area contributed by atoms with Crippen LogP contribution in [0.25, 0.3) is 0 Å². The lowest BCUT2D eigenvalue weighted by Crippen LogP contribution is -2.39. The number of oxime groups is 1. The van der Waals surface area contributed by atoms with Gasteiger partial charge in [-0.1, -0.05) is 59.8 Å². The molecule has 1 aliphatic heterocycles. The third-order valence-corrected chi connectivity index (χ3v) is 5.03. The molecule has 0 aliphatic carbocycles. The van der Waals surface area contributed by atoms with Crippen LogP contribution >= 0.6 is 0 Å². The number of aliphatic hydroxyl groups is 1. The van der Waals surface area contributed by atoms with Crippen molar-refractivity contribution in [1.29, 1.82) is 0 Å². The largest absolute Gasteiger partial charge is 0.411 e. The van der Waals surface area contributed by atoms with Crippen molar-refractivity contribution < 1.29 is 10.3 Å². The average Bonchev–Trinajstić information content (AvgIpc) is 2.65. The zero-order valence-corrected chi connectivity index (χ0v) is 14.5. The van der Waals surface area contributed by atoms with Crippen LogP contribution < -0.4 is 0 Å². The molecule has 4 heteroatoms. The summed E-state index contributed by atoms with van der Waals surface area (Å²) >= 11 is 0. The molecular weight excluding hydrogens is 312 g/mol. The molecule has 1 saturated heterocycles. The lowest BCUT2D eigenvalue weighted by molar-refractivity contribution is 0.0971. The van der Waals surface area contributed by atoms with E-state index in [1.807, 2.05) is 24.3 Å². The summed E-state index contributed by atoms with van der Waals surface area (Å²) in [4.78, 5) is 2.35. The SMILES string of the molecule is ON=Cc1ccccc1CC(O)CN1CCC(c2ccccc2)CC1. The van der Waals surface area contributed by atoms with E-state index in [1.165, 1.54) is 11.8 Å². The van der Waals surface area contributed by atoms with E-state index in [2.05, 4.69) is 40.4 Å². The molecule has 0 spiro atoms. The van der Waals surface area contributed by atoms with Crippen LogP contribution in [0.15, 0.2) is 59.8 Å². The third kappa shape index (κ3) is 4.91. The van der Waals surface area contributed by atoms with Gasteiger partial charge >= 0.3 is 0 Å². The Morgan fingerprint density at radius 2 is 1.72 bits per heavy atom. The van der Waals surface area contributed by atoms with Gasteiger partial charge < -0.3 is 15.2 Å². The fourth-order valence-electron chi connectivity index (χ4n) is 3.70. The number of hydrogen-bond donors (Lipinski definition) is 2. The highest BCUT2D eigenvalue weighted by Gasteiger charge is 2.22. The molecule has 0 aromatic heterocycles. The zero-order chi connectivity index (χ0) is 17.5. The Bertz CT molecular complexity index is 679. The number of aliphatic hydroxyl groups excluding tert-OH is 1. The third-order valence-electron chi connectivity index (χ3n) is 5.03. The van der Waals surface area contributed by atoms with E-state index in [0.717, 1.165) is 37.1 Å². The second-order valence-electron chi connectivity index (χ2n) is 6.79. The minimum atomic E-state index is -0.415. The summed E-state index contributed by atoms with van der Waals surface area (Å²) < 4.78 is 0. The monoisotopic (exact) mass is 338 g/mol. The van der Waals surface area contributed by atoms with E-state index in [4.69, 9.17) is 5.21 Å². The van der Waals surface area contributed by atoms with E-state index >= 15 is 0 Å². The maximum atomic E-state index is 10.5. The molecule has 1 aliphatic rings. The van der Waals surface area contributed by atoms with Gasteiger partial charge in [0, 0.05) is 13.0 Å². The molecule has 0 amide bonds. The molecule has 2 aromatic rings. The summed E-state index contributed by atoms with van der Waals surface area (Å²) in [6.45, 7) is 2.73. The lowest BCUT2D eigenvalue weighted by Gasteiger charge is -2.33. The van der Waals surface area contributed by atoms with E-state index in [9.17, 15) is 5.11 Å². The molecule has 1 atom stereocenters. The number of β-amino-alcohol motifs (C(OH)–C–C–N with tert-alkyl or cyclic N) is 1. The van der Waals surface area contributed by atoms with E-state index in [1.54, 1.807) is 0 Å². The summed E-state index contributed by atoms with van der Waals surface area (Å²) in [6, 6.07) is 18.4. The number of likely N-dealkylation sites (tertiary alicyclic amines) is 1. The van der Waals surface area contributed by atoms with Gasteiger partial charge in [-0.15, -0.1) is 0 Å². The molecule has 4 nitrogen and oxygen atoms in total. The minimum Gasteiger partial charge on any atom is -0.411 e. The van der Waals surface area contributed by atoms with Gasteiger partial charge in [0.15, 0.2) is 0 Å². The molecule has 132 valence electrons. The van der Waals surface area contributed by atoms with Crippen molar-refractivity contribution in [3.8, 4) is 0 Å². The lowest BCUT2D eigenvalue weighted by atomic mass is 9.89. The number of benzene rings is 2. The minimum absolute atomic E-state index is 0.415. The molecule has 3 rings (SSSR count). The van der Waals surface area contributed by atoms with Gasteiger partial charge in [0.1, 0.15) is 0 Å². The summed E-state index contributed by atoms with van der Waals surface area (Å²) in [5.74, 6) is 0.635. The first-order chi connectivity index (χ1) is 12.3. The fourth-order valence-corrected chi connectivity index (χ4v) is 3.70. The number of nitrogens with zero attached hydrogens (tertiary/aromatic N) is 2. The second-order valence-corrected chi connectivity index (χ2v) is 6.79. The fraction of sp³-hybridized carbons (Fsp3) is 0.381. The Morgan fingerprint density at radius 1 is 1.04 bits per heavy atom. The van der Waals surface area contributed by atoms with Gasteiger partial charge in [-0.3, -0.25) is 0 Å². The summed E-state index contributed by atoms with van der Waals surface area (Å²) in [6.07, 6.45) is 3.87. The maximum Gasteiger partial charge on any atom is 0.0736 e. The van der Waals surface area contributed by atoms with Crippen LogP contribution in [0.2, 0.25) is 0 Å². The number of hydrogen-bond acceptors (Lipinski definition) is 4. The molecular formula is C21H26N2O2. The highest BCUT2D eigenvalue weighted by molar-refractivity contribution is 5.81. The van der Waals surface area contributed by atoms with Gasteiger partial charge in [0.2, 0.25) is 0 Å². The van der Waals surface area contributed by atoms with Crippen molar-refractivity contribution in [3.63, 3.8) is 0 Å². The van der Waals surface area contributed by atoms with Crippen LogP contribution in [0.1, 0.15) is 35.4 Å². The first kappa shape index (κ1) is 17.6. The molecule has 0 bridgehead atoms. The highest BCUT2D eigenvalue weighted by atomic mass is 16.4. The van der Waals surface area contributed by atoms with Crippen molar-refractivity contribution in [2.45, 2.75) is 31.3 Å². The molecule has 1 heterocycles. The summed E-state index contributed by atoms with van der Waals surface area (Å²) in [5, 5.41) is 22.3. The molecule has 2 N–H and O–H groups in total. The molecule has 2 aromatic carbocycles. The van der Waals surface area contributed by atoms with Crippen LogP contribution in [0.4, 0.5) is 0 Å². The number of rotatable bonds is 6. The smallest absolute Gasteiger partial charge is 0.0736 e. The van der Waals surface area contributed by atoms with Crippen molar-refractivity contribution >= 4 is 6.21 Å². The predicted octanol–water partition coefficient (Wildman–Crippen LogP) is 3.28. The van der Waals surface area contributed by atoms with Gasteiger partial charge in [-0.25, -0.2) is 0 Å². The molecule has 1 unspecified atom stereocenters. The molecule has 25 heavy (non-hydrogen) atoms. The zero-order valence-electron chi connectivity index (χ0n) is 14.5. The Kier molecular flexibility index (Phi) is 6.20. The van der Waals surface area contributed by atoms with Crippen LogP contribution in [0.3, 0.4) is 0 Å². The van der Waals surface area contributed by atoms with Gasteiger partial charge in [0.25, 0.3) is 0 Å². The van der Waals surface area contributed by atoms with Crippen LogP contribution in [-0.4, -0.2) is 47.2 Å². The van der Waals surface area contributed by atoms with Gasteiger partial charge in [-0.2, -0.15) is 0 Å². The van der Waals surface area contributed by atoms with Gasteiger partial charge in [0.05, 0.1) is 12.3 Å². The van der Waals surface area contributed by atoms with Crippen molar-refractivity contribution in [1.82, 2.24) is 4.90 Å². The van der Waals surface area contributed by atoms with Crippen molar-refractivity contribution in [2.24, 2.45) is 5.16 Å². The molecule has 0 radical (unpaired) electrons. The first-order valence-corrected chi connectivity index (χ1v) is 8.97. The molecule has 1 fully saturated rings. The molecule has 0 saturated carbocycles. The van der Waals surface area contributed by atoms with E-state index in [-0.39, 0.29) is 0 Å². The van der Waals surface area contributed by atoms with Crippen molar-refractivity contribution in [3.05, 3.63) is 71.3 Å². The Hall–Kier alpha value is -2.17. The predicted molar refractivity (Wildman–Crippen MR) is 100 cm³/mol.